The van der Waals surface area contributed by atoms with E-state index in [0.29, 0.717) is 23.7 Å². The van der Waals surface area contributed by atoms with Gasteiger partial charge in [-0.3, -0.25) is 4.79 Å². The summed E-state index contributed by atoms with van der Waals surface area (Å²) < 4.78 is 10.5. The molecule has 1 aromatic carbocycles. The molecule has 1 aromatic rings. The van der Waals surface area contributed by atoms with Gasteiger partial charge >= 0.3 is 0 Å². The zero-order valence-corrected chi connectivity index (χ0v) is 11.7. The van der Waals surface area contributed by atoms with E-state index >= 15 is 0 Å². The van der Waals surface area contributed by atoms with E-state index in [1.165, 1.54) is 0 Å². The molecule has 0 spiro atoms. The van der Waals surface area contributed by atoms with E-state index in [2.05, 4.69) is 12.2 Å². The monoisotopic (exact) mass is 266 g/mol. The number of ether oxygens (including phenoxy) is 2. The van der Waals surface area contributed by atoms with Crippen LogP contribution in [0.2, 0.25) is 0 Å². The van der Waals surface area contributed by atoms with Gasteiger partial charge in [-0.15, -0.1) is 0 Å². The molecule has 0 bridgehead atoms. The van der Waals surface area contributed by atoms with Crippen LogP contribution in [0.3, 0.4) is 0 Å². The van der Waals surface area contributed by atoms with Gasteiger partial charge in [0.2, 0.25) is 0 Å². The first kappa shape index (κ1) is 15.3. The number of carbonyl (C=O) groups is 1. The Balaban J connectivity index is 2.54. The second-order valence-corrected chi connectivity index (χ2v) is 4.31. The lowest BCUT2D eigenvalue weighted by Crippen LogP contribution is -2.28. The number of nitrogen functional groups attached to an aromatic ring is 1. The van der Waals surface area contributed by atoms with E-state index in [-0.39, 0.29) is 5.91 Å². The average Bonchev–Trinajstić information content (AvgIpc) is 2.39. The molecule has 0 saturated heterocycles. The van der Waals surface area contributed by atoms with Gasteiger partial charge in [-0.1, -0.05) is 13.3 Å². The highest BCUT2D eigenvalue weighted by Crippen LogP contribution is 2.24. The molecule has 1 amide bonds. The smallest absolute Gasteiger partial charge is 0.253 e. The summed E-state index contributed by atoms with van der Waals surface area (Å²) in [6.07, 6.45) is 1.52. The number of amides is 1. The summed E-state index contributed by atoms with van der Waals surface area (Å²) in [7, 11) is 1.55. The Morgan fingerprint density at radius 2 is 2.21 bits per heavy atom. The van der Waals surface area contributed by atoms with E-state index in [1.54, 1.807) is 32.2 Å². The summed E-state index contributed by atoms with van der Waals surface area (Å²) in [5.41, 5.74) is 6.89. The molecule has 0 aromatic heterocycles. The summed E-state index contributed by atoms with van der Waals surface area (Å²) in [6.45, 7) is 4.40. The minimum Gasteiger partial charge on any atom is -0.495 e. The molecule has 0 aliphatic carbocycles. The van der Waals surface area contributed by atoms with Crippen molar-refractivity contribution in [3.05, 3.63) is 18.2 Å². The number of nitrogens with two attached hydrogens (primary N) is 1. The fourth-order valence-corrected chi connectivity index (χ4v) is 1.54. The first-order valence-corrected chi connectivity index (χ1v) is 6.44. The molecule has 3 N–H and O–H groups in total. The van der Waals surface area contributed by atoms with Crippen LogP contribution in [0.15, 0.2) is 18.2 Å². The molecule has 1 rings (SSSR count). The number of anilines is 2. The van der Waals surface area contributed by atoms with Gasteiger partial charge in [-0.25, -0.2) is 0 Å². The molecule has 1 atom stereocenters. The average molecular weight is 266 g/mol. The first-order chi connectivity index (χ1) is 9.08. The molecular formula is C14H22N2O3. The number of nitrogens with one attached hydrogen (secondary N) is 1. The van der Waals surface area contributed by atoms with Crippen LogP contribution >= 0.6 is 0 Å². The first-order valence-electron chi connectivity index (χ1n) is 6.44. The second kappa shape index (κ2) is 7.63. The Hall–Kier alpha value is -1.75. The lowest BCUT2D eigenvalue weighted by molar-refractivity contribution is -0.126. The van der Waals surface area contributed by atoms with Crippen molar-refractivity contribution >= 4 is 17.3 Å². The highest BCUT2D eigenvalue weighted by molar-refractivity contribution is 5.94. The molecule has 0 saturated carbocycles. The van der Waals surface area contributed by atoms with Gasteiger partial charge in [-0.05, 0) is 31.5 Å². The summed E-state index contributed by atoms with van der Waals surface area (Å²) in [6, 6.07) is 5.12. The lowest BCUT2D eigenvalue weighted by atomic mass is 10.2. The lowest BCUT2D eigenvalue weighted by Gasteiger charge is -2.14. The van der Waals surface area contributed by atoms with Crippen LogP contribution in [0.25, 0.3) is 0 Å². The molecule has 106 valence electrons. The second-order valence-electron chi connectivity index (χ2n) is 4.31. The molecule has 0 aliphatic rings. The van der Waals surface area contributed by atoms with Crippen LogP contribution in [0, 0.1) is 0 Å². The SMILES string of the molecule is CCCCOC(C)C(=O)Nc1ccc(OC)c(N)c1. The number of carbonyl (C=O) groups excluding carboxylic acids is 1. The Morgan fingerprint density at radius 3 is 2.79 bits per heavy atom. The van der Waals surface area contributed by atoms with E-state index in [9.17, 15) is 4.79 Å². The van der Waals surface area contributed by atoms with Crippen molar-refractivity contribution in [2.24, 2.45) is 0 Å². The van der Waals surface area contributed by atoms with Crippen molar-refractivity contribution in [3.63, 3.8) is 0 Å². The molecule has 5 nitrogen and oxygen atoms in total. The van der Waals surface area contributed by atoms with Crippen LogP contribution in [0.4, 0.5) is 11.4 Å². The highest BCUT2D eigenvalue weighted by Gasteiger charge is 2.13. The van der Waals surface area contributed by atoms with Gasteiger partial charge in [-0.2, -0.15) is 0 Å². The van der Waals surface area contributed by atoms with Crippen LogP contribution in [0.5, 0.6) is 5.75 Å². The Morgan fingerprint density at radius 1 is 1.47 bits per heavy atom. The minimum absolute atomic E-state index is 0.180. The zero-order chi connectivity index (χ0) is 14.3. The molecule has 5 heteroatoms. The molecular weight excluding hydrogens is 244 g/mol. The van der Waals surface area contributed by atoms with Crippen molar-refractivity contribution in [2.75, 3.05) is 24.8 Å². The van der Waals surface area contributed by atoms with Gasteiger partial charge in [0.15, 0.2) is 0 Å². The van der Waals surface area contributed by atoms with E-state index < -0.39 is 6.10 Å². The highest BCUT2D eigenvalue weighted by atomic mass is 16.5. The number of hydrogen-bond acceptors (Lipinski definition) is 4. The Labute approximate surface area is 114 Å². The fourth-order valence-electron chi connectivity index (χ4n) is 1.54. The molecule has 1 unspecified atom stereocenters. The molecule has 19 heavy (non-hydrogen) atoms. The van der Waals surface area contributed by atoms with E-state index in [0.717, 1.165) is 12.8 Å². The van der Waals surface area contributed by atoms with E-state index in [4.69, 9.17) is 15.2 Å². The number of methoxy groups -OCH3 is 1. The van der Waals surface area contributed by atoms with E-state index in [1.807, 2.05) is 0 Å². The predicted octanol–water partition coefficient (Wildman–Crippen LogP) is 2.42. The van der Waals surface area contributed by atoms with Crippen molar-refractivity contribution in [2.45, 2.75) is 32.8 Å². The molecule has 0 heterocycles. The fraction of sp³-hybridized carbons (Fsp3) is 0.500. The number of benzene rings is 1. The molecule has 0 fully saturated rings. The number of hydrogen-bond donors (Lipinski definition) is 2. The summed E-state index contributed by atoms with van der Waals surface area (Å²) in [4.78, 5) is 11.9. The van der Waals surface area contributed by atoms with Crippen molar-refractivity contribution in [1.29, 1.82) is 0 Å². The topological polar surface area (TPSA) is 73.6 Å². The Kier molecular flexibility index (Phi) is 6.15. The third kappa shape index (κ3) is 4.79. The summed E-state index contributed by atoms with van der Waals surface area (Å²) >= 11 is 0. The van der Waals surface area contributed by atoms with Crippen LogP contribution < -0.4 is 15.8 Å². The van der Waals surface area contributed by atoms with Crippen molar-refractivity contribution in [3.8, 4) is 5.75 Å². The maximum atomic E-state index is 11.9. The van der Waals surface area contributed by atoms with Gasteiger partial charge < -0.3 is 20.5 Å². The Bertz CT molecular complexity index is 421. The third-order valence-electron chi connectivity index (χ3n) is 2.73. The molecule has 0 radical (unpaired) electrons. The van der Waals surface area contributed by atoms with Crippen molar-refractivity contribution < 1.29 is 14.3 Å². The van der Waals surface area contributed by atoms with Crippen LogP contribution in [-0.4, -0.2) is 25.7 Å². The summed E-state index contributed by atoms with van der Waals surface area (Å²) in [5.74, 6) is 0.408. The normalized spacial score (nSPS) is 11.9. The maximum Gasteiger partial charge on any atom is 0.253 e. The van der Waals surface area contributed by atoms with Gasteiger partial charge in [0.25, 0.3) is 5.91 Å². The van der Waals surface area contributed by atoms with Crippen molar-refractivity contribution in [1.82, 2.24) is 0 Å². The standard InChI is InChI=1S/C14H22N2O3/c1-4-5-8-19-10(2)14(17)16-11-6-7-13(18-3)12(15)9-11/h6-7,9-10H,4-5,8,15H2,1-3H3,(H,16,17). The quantitative estimate of drug-likeness (QED) is 0.587. The summed E-state index contributed by atoms with van der Waals surface area (Å²) in [5, 5.41) is 2.76. The van der Waals surface area contributed by atoms with Gasteiger partial charge in [0, 0.05) is 12.3 Å². The zero-order valence-electron chi connectivity index (χ0n) is 11.7. The van der Waals surface area contributed by atoms with Gasteiger partial charge in [0.1, 0.15) is 11.9 Å². The maximum absolute atomic E-state index is 11.9. The molecule has 0 aliphatic heterocycles. The van der Waals surface area contributed by atoms with Crippen LogP contribution in [0.1, 0.15) is 26.7 Å². The minimum atomic E-state index is -0.477. The predicted molar refractivity (Wildman–Crippen MR) is 76.4 cm³/mol. The van der Waals surface area contributed by atoms with Gasteiger partial charge in [0.05, 0.1) is 12.8 Å². The number of unbranched alkanes of at least 4 members (excludes halogenated alkanes) is 1. The third-order valence-corrected chi connectivity index (χ3v) is 2.73. The van der Waals surface area contributed by atoms with Crippen LogP contribution in [-0.2, 0) is 9.53 Å². The largest absolute Gasteiger partial charge is 0.495 e. The number of rotatable bonds is 7.